The second-order valence-electron chi connectivity index (χ2n) is 6.19. The van der Waals surface area contributed by atoms with Gasteiger partial charge in [0.25, 0.3) is 0 Å². The standard InChI is InChI=1S/C14H25NO3/c16-13-3-1-2-11(13)9-15-12-4-6-18-14(8-12)5-7-17-10-14/h11-13,15-16H,1-10H2. The summed E-state index contributed by atoms with van der Waals surface area (Å²) in [4.78, 5) is 0. The lowest BCUT2D eigenvalue weighted by Gasteiger charge is -2.38. The van der Waals surface area contributed by atoms with Crippen molar-refractivity contribution in [2.45, 2.75) is 56.3 Å². The SMILES string of the molecule is OC1CCCC1CNC1CCOC2(CCOC2)C1. The van der Waals surface area contributed by atoms with Crippen LogP contribution in [0.3, 0.4) is 0 Å². The molecule has 1 saturated carbocycles. The molecule has 4 unspecified atom stereocenters. The summed E-state index contributed by atoms with van der Waals surface area (Å²) in [5.41, 5.74) is -0.00971. The normalized spacial score (nSPS) is 44.8. The van der Waals surface area contributed by atoms with E-state index in [1.165, 1.54) is 12.8 Å². The van der Waals surface area contributed by atoms with Crippen LogP contribution in [0.1, 0.15) is 38.5 Å². The topological polar surface area (TPSA) is 50.7 Å². The van der Waals surface area contributed by atoms with Crippen molar-refractivity contribution in [2.24, 2.45) is 5.92 Å². The first-order chi connectivity index (χ1) is 8.77. The maximum absolute atomic E-state index is 9.84. The summed E-state index contributed by atoms with van der Waals surface area (Å²) in [5, 5.41) is 13.5. The number of nitrogens with one attached hydrogen (secondary N) is 1. The summed E-state index contributed by atoms with van der Waals surface area (Å²) in [6.07, 6.45) is 6.45. The number of aliphatic hydroxyl groups excluding tert-OH is 1. The highest BCUT2D eigenvalue weighted by molar-refractivity contribution is 4.93. The minimum Gasteiger partial charge on any atom is -0.393 e. The summed E-state index contributed by atoms with van der Waals surface area (Å²) < 4.78 is 11.4. The van der Waals surface area contributed by atoms with Crippen molar-refractivity contribution < 1.29 is 14.6 Å². The van der Waals surface area contributed by atoms with E-state index in [0.717, 1.165) is 52.0 Å². The molecule has 3 fully saturated rings. The molecule has 0 radical (unpaired) electrons. The largest absolute Gasteiger partial charge is 0.393 e. The lowest BCUT2D eigenvalue weighted by atomic mass is 9.89. The molecule has 2 N–H and O–H groups in total. The van der Waals surface area contributed by atoms with Crippen LogP contribution in [-0.2, 0) is 9.47 Å². The lowest BCUT2D eigenvalue weighted by molar-refractivity contribution is -0.0897. The van der Waals surface area contributed by atoms with Gasteiger partial charge in [0.1, 0.15) is 0 Å². The molecule has 18 heavy (non-hydrogen) atoms. The number of ether oxygens (including phenoxy) is 2. The molecular weight excluding hydrogens is 230 g/mol. The number of hydrogen-bond acceptors (Lipinski definition) is 4. The fourth-order valence-electron chi connectivity index (χ4n) is 3.64. The third kappa shape index (κ3) is 2.72. The van der Waals surface area contributed by atoms with Crippen molar-refractivity contribution in [1.82, 2.24) is 5.32 Å². The first-order valence-corrected chi connectivity index (χ1v) is 7.41. The third-order valence-electron chi connectivity index (χ3n) is 4.85. The molecular formula is C14H25NO3. The average molecular weight is 255 g/mol. The van der Waals surface area contributed by atoms with E-state index in [1.54, 1.807) is 0 Å². The van der Waals surface area contributed by atoms with Gasteiger partial charge < -0.3 is 19.9 Å². The van der Waals surface area contributed by atoms with Gasteiger partial charge in [0.15, 0.2) is 0 Å². The van der Waals surface area contributed by atoms with Gasteiger partial charge in [-0.1, -0.05) is 6.42 Å². The smallest absolute Gasteiger partial charge is 0.0951 e. The molecule has 1 aliphatic carbocycles. The lowest BCUT2D eigenvalue weighted by Crippen LogP contribution is -2.48. The van der Waals surface area contributed by atoms with Crippen molar-refractivity contribution in [3.63, 3.8) is 0 Å². The molecule has 3 rings (SSSR count). The van der Waals surface area contributed by atoms with Crippen LogP contribution < -0.4 is 5.32 Å². The van der Waals surface area contributed by atoms with E-state index < -0.39 is 0 Å². The number of rotatable bonds is 3. The van der Waals surface area contributed by atoms with Crippen molar-refractivity contribution in [1.29, 1.82) is 0 Å². The van der Waals surface area contributed by atoms with Crippen molar-refractivity contribution in [3.05, 3.63) is 0 Å². The van der Waals surface area contributed by atoms with Crippen LogP contribution >= 0.6 is 0 Å². The second kappa shape index (κ2) is 5.45. The predicted molar refractivity (Wildman–Crippen MR) is 68.5 cm³/mol. The number of hydrogen-bond donors (Lipinski definition) is 2. The molecule has 0 aromatic rings. The first-order valence-electron chi connectivity index (χ1n) is 7.41. The van der Waals surface area contributed by atoms with E-state index in [9.17, 15) is 5.11 Å². The minimum atomic E-state index is -0.0823. The van der Waals surface area contributed by atoms with Crippen LogP contribution in [0.25, 0.3) is 0 Å². The Kier molecular flexibility index (Phi) is 3.89. The van der Waals surface area contributed by atoms with E-state index in [-0.39, 0.29) is 11.7 Å². The second-order valence-corrected chi connectivity index (χ2v) is 6.19. The van der Waals surface area contributed by atoms with Crippen LogP contribution in [0.15, 0.2) is 0 Å². The van der Waals surface area contributed by atoms with E-state index in [4.69, 9.17) is 9.47 Å². The molecule has 3 aliphatic rings. The van der Waals surface area contributed by atoms with Crippen LogP contribution in [0.4, 0.5) is 0 Å². The molecule has 0 amide bonds. The molecule has 0 bridgehead atoms. The molecule has 0 aromatic heterocycles. The molecule has 104 valence electrons. The highest BCUT2D eigenvalue weighted by Gasteiger charge is 2.41. The van der Waals surface area contributed by atoms with Crippen LogP contribution in [-0.4, -0.2) is 49.2 Å². The van der Waals surface area contributed by atoms with Gasteiger partial charge in [0.2, 0.25) is 0 Å². The average Bonchev–Trinajstić information content (AvgIpc) is 2.97. The van der Waals surface area contributed by atoms with Crippen LogP contribution in [0.2, 0.25) is 0 Å². The molecule has 4 heteroatoms. The highest BCUT2D eigenvalue weighted by atomic mass is 16.6. The Labute approximate surface area is 109 Å². The Morgan fingerprint density at radius 3 is 2.89 bits per heavy atom. The molecule has 0 aromatic carbocycles. The zero-order valence-corrected chi connectivity index (χ0v) is 11.1. The van der Waals surface area contributed by atoms with E-state index in [2.05, 4.69) is 5.32 Å². The van der Waals surface area contributed by atoms with Gasteiger partial charge in [-0.3, -0.25) is 0 Å². The summed E-state index contributed by atoms with van der Waals surface area (Å²) in [7, 11) is 0. The molecule has 1 spiro atoms. The molecule has 2 aliphatic heterocycles. The molecule has 4 nitrogen and oxygen atoms in total. The quantitative estimate of drug-likeness (QED) is 0.792. The van der Waals surface area contributed by atoms with Crippen molar-refractivity contribution in [3.8, 4) is 0 Å². The van der Waals surface area contributed by atoms with Gasteiger partial charge in [-0.25, -0.2) is 0 Å². The maximum atomic E-state index is 9.84. The summed E-state index contributed by atoms with van der Waals surface area (Å²) in [6, 6.07) is 0.535. The zero-order chi connectivity index (χ0) is 12.4. The van der Waals surface area contributed by atoms with Gasteiger partial charge in [-0.15, -0.1) is 0 Å². The van der Waals surface area contributed by atoms with Crippen molar-refractivity contribution >= 4 is 0 Å². The maximum Gasteiger partial charge on any atom is 0.0951 e. The first kappa shape index (κ1) is 12.9. The van der Waals surface area contributed by atoms with Crippen LogP contribution in [0.5, 0.6) is 0 Å². The fourth-order valence-corrected chi connectivity index (χ4v) is 3.64. The molecule has 4 atom stereocenters. The van der Waals surface area contributed by atoms with E-state index in [0.29, 0.717) is 12.0 Å². The van der Waals surface area contributed by atoms with Gasteiger partial charge in [0.05, 0.1) is 18.3 Å². The Hall–Kier alpha value is -0.160. The fraction of sp³-hybridized carbons (Fsp3) is 1.00. The Morgan fingerprint density at radius 2 is 2.17 bits per heavy atom. The monoisotopic (exact) mass is 255 g/mol. The van der Waals surface area contributed by atoms with E-state index in [1.807, 2.05) is 0 Å². The summed E-state index contributed by atoms with van der Waals surface area (Å²) in [5.74, 6) is 0.462. The molecule has 2 saturated heterocycles. The van der Waals surface area contributed by atoms with E-state index >= 15 is 0 Å². The third-order valence-corrected chi connectivity index (χ3v) is 4.85. The number of aliphatic hydroxyl groups is 1. The minimum absolute atomic E-state index is 0.00971. The van der Waals surface area contributed by atoms with Gasteiger partial charge in [0, 0.05) is 32.2 Å². The Balaban J connectivity index is 1.47. The highest BCUT2D eigenvalue weighted by Crippen LogP contribution is 2.33. The van der Waals surface area contributed by atoms with Crippen molar-refractivity contribution in [2.75, 3.05) is 26.4 Å². The van der Waals surface area contributed by atoms with Gasteiger partial charge in [-0.2, -0.15) is 0 Å². The predicted octanol–water partition coefficient (Wildman–Crippen LogP) is 1.08. The Morgan fingerprint density at radius 1 is 1.22 bits per heavy atom. The summed E-state index contributed by atoms with van der Waals surface area (Å²) in [6.45, 7) is 3.41. The summed E-state index contributed by atoms with van der Waals surface area (Å²) >= 11 is 0. The van der Waals surface area contributed by atoms with Crippen LogP contribution in [0, 0.1) is 5.92 Å². The Bertz CT molecular complexity index is 278. The molecule has 2 heterocycles. The zero-order valence-electron chi connectivity index (χ0n) is 11.1. The van der Waals surface area contributed by atoms with Gasteiger partial charge >= 0.3 is 0 Å². The van der Waals surface area contributed by atoms with Gasteiger partial charge in [-0.05, 0) is 31.6 Å².